The maximum Gasteiger partial charge on any atom is 0.187 e. The predicted octanol–water partition coefficient (Wildman–Crippen LogP) is 4.99. The molecule has 0 fully saturated rings. The van der Waals surface area contributed by atoms with E-state index in [1.165, 1.54) is 0 Å². The van der Waals surface area contributed by atoms with Crippen LogP contribution in [0, 0.1) is 11.8 Å². The van der Waals surface area contributed by atoms with E-state index in [0.717, 1.165) is 22.4 Å². The summed E-state index contributed by atoms with van der Waals surface area (Å²) in [5, 5.41) is 0. The number of methoxy groups -OCH3 is 1. The molecule has 0 spiro atoms. The number of rotatable bonds is 4. The molecule has 0 aromatic heterocycles. The number of benzene rings is 3. The summed E-state index contributed by atoms with van der Waals surface area (Å²) in [5.74, 6) is 6.92. The standard InChI is InChI=1S/C24H18O2/c1-26-22-16-12-20(13-17-22)14-18-24(25)23-10-6-5-9-21(23)15-11-19-7-3-2-4-8-19/h2-10,12-14,16-18H,1H3/b18-14+. The number of hydrogen-bond donors (Lipinski definition) is 0. The first-order valence-corrected chi connectivity index (χ1v) is 8.29. The molecule has 126 valence electrons. The van der Waals surface area contributed by atoms with Crippen LogP contribution in [0.3, 0.4) is 0 Å². The van der Waals surface area contributed by atoms with Gasteiger partial charge in [0.05, 0.1) is 7.11 Å². The van der Waals surface area contributed by atoms with Gasteiger partial charge in [0.2, 0.25) is 0 Å². The Morgan fingerprint density at radius 2 is 1.54 bits per heavy atom. The maximum absolute atomic E-state index is 12.6. The average Bonchev–Trinajstić information content (AvgIpc) is 2.72. The van der Waals surface area contributed by atoms with Gasteiger partial charge in [-0.2, -0.15) is 0 Å². The average molecular weight is 338 g/mol. The third-order valence-corrected chi connectivity index (χ3v) is 3.85. The van der Waals surface area contributed by atoms with Gasteiger partial charge in [-0.1, -0.05) is 60.4 Å². The summed E-state index contributed by atoms with van der Waals surface area (Å²) >= 11 is 0. The number of carbonyl (C=O) groups is 1. The fraction of sp³-hybridized carbons (Fsp3) is 0.0417. The van der Waals surface area contributed by atoms with Crippen molar-refractivity contribution >= 4 is 11.9 Å². The summed E-state index contributed by atoms with van der Waals surface area (Å²) in [6, 6.07) is 24.7. The van der Waals surface area contributed by atoms with Crippen molar-refractivity contribution in [1.82, 2.24) is 0 Å². The van der Waals surface area contributed by atoms with E-state index in [1.54, 1.807) is 25.3 Å². The van der Waals surface area contributed by atoms with Crippen molar-refractivity contribution < 1.29 is 9.53 Å². The second-order valence-corrected chi connectivity index (χ2v) is 5.63. The second kappa shape index (κ2) is 8.50. The highest BCUT2D eigenvalue weighted by atomic mass is 16.5. The Labute approximate surface area is 153 Å². The second-order valence-electron chi connectivity index (χ2n) is 5.63. The lowest BCUT2D eigenvalue weighted by Crippen LogP contribution is -1.98. The van der Waals surface area contributed by atoms with Crippen LogP contribution in [0.15, 0.2) is 84.9 Å². The molecule has 2 nitrogen and oxygen atoms in total. The molecule has 2 heteroatoms. The molecule has 0 aliphatic heterocycles. The van der Waals surface area contributed by atoms with E-state index in [4.69, 9.17) is 4.74 Å². The van der Waals surface area contributed by atoms with Gasteiger partial charge >= 0.3 is 0 Å². The first-order valence-electron chi connectivity index (χ1n) is 8.29. The van der Waals surface area contributed by atoms with Crippen molar-refractivity contribution in [3.05, 3.63) is 107 Å². The lowest BCUT2D eigenvalue weighted by molar-refractivity contribution is 0.104. The molecule has 0 bridgehead atoms. The molecule has 0 N–H and O–H groups in total. The van der Waals surface area contributed by atoms with Gasteiger partial charge in [-0.3, -0.25) is 4.79 Å². The van der Waals surface area contributed by atoms with Crippen LogP contribution in [-0.2, 0) is 0 Å². The first kappa shape index (κ1) is 17.3. The molecule has 0 amide bonds. The molecular formula is C24H18O2. The van der Waals surface area contributed by atoms with Crippen LogP contribution in [0.5, 0.6) is 5.75 Å². The zero-order chi connectivity index (χ0) is 18.2. The highest BCUT2D eigenvalue weighted by Crippen LogP contribution is 2.14. The predicted molar refractivity (Wildman–Crippen MR) is 105 cm³/mol. The van der Waals surface area contributed by atoms with E-state index in [-0.39, 0.29) is 5.78 Å². The summed E-state index contributed by atoms with van der Waals surface area (Å²) in [6.07, 6.45) is 3.37. The fourth-order valence-corrected chi connectivity index (χ4v) is 2.44. The van der Waals surface area contributed by atoms with Crippen molar-refractivity contribution in [1.29, 1.82) is 0 Å². The molecular weight excluding hydrogens is 320 g/mol. The number of carbonyl (C=O) groups excluding carboxylic acids is 1. The van der Waals surface area contributed by atoms with E-state index >= 15 is 0 Å². The van der Waals surface area contributed by atoms with Crippen LogP contribution in [0.1, 0.15) is 27.0 Å². The molecule has 3 aromatic rings. The van der Waals surface area contributed by atoms with Crippen molar-refractivity contribution in [2.45, 2.75) is 0 Å². The highest BCUT2D eigenvalue weighted by molar-refractivity contribution is 6.08. The van der Waals surface area contributed by atoms with Gasteiger partial charge in [-0.05, 0) is 48.0 Å². The number of allylic oxidation sites excluding steroid dienone is 1. The summed E-state index contributed by atoms with van der Waals surface area (Å²) in [5.41, 5.74) is 3.18. The smallest absolute Gasteiger partial charge is 0.187 e. The van der Waals surface area contributed by atoms with Crippen LogP contribution in [0.25, 0.3) is 6.08 Å². The number of ether oxygens (including phenoxy) is 1. The molecule has 3 aromatic carbocycles. The molecule has 3 rings (SSSR count). The quantitative estimate of drug-likeness (QED) is 0.380. The third kappa shape index (κ3) is 4.49. The third-order valence-electron chi connectivity index (χ3n) is 3.85. The Balaban J connectivity index is 1.81. The molecule has 0 aliphatic carbocycles. The summed E-state index contributed by atoms with van der Waals surface area (Å²) < 4.78 is 5.14. The Hall–Kier alpha value is -3.57. The normalized spacial score (nSPS) is 10.2. The topological polar surface area (TPSA) is 26.3 Å². The largest absolute Gasteiger partial charge is 0.497 e. The minimum atomic E-state index is -0.0706. The number of ketones is 1. The van der Waals surface area contributed by atoms with E-state index in [1.807, 2.05) is 72.8 Å². The first-order chi connectivity index (χ1) is 12.8. The Bertz CT molecular complexity index is 972. The van der Waals surface area contributed by atoms with Gasteiger partial charge in [0.25, 0.3) is 0 Å². The summed E-state index contributed by atoms with van der Waals surface area (Å²) in [4.78, 5) is 12.6. The van der Waals surface area contributed by atoms with E-state index in [9.17, 15) is 4.79 Å². The van der Waals surface area contributed by atoms with E-state index in [0.29, 0.717) is 5.56 Å². The zero-order valence-corrected chi connectivity index (χ0v) is 14.5. The molecule has 0 aliphatic rings. The Morgan fingerprint density at radius 3 is 2.27 bits per heavy atom. The lowest BCUT2D eigenvalue weighted by Gasteiger charge is -2.01. The van der Waals surface area contributed by atoms with Crippen LogP contribution in [-0.4, -0.2) is 12.9 Å². The molecule has 0 radical (unpaired) electrons. The minimum absolute atomic E-state index is 0.0706. The molecule has 26 heavy (non-hydrogen) atoms. The van der Waals surface area contributed by atoms with Gasteiger partial charge in [0.1, 0.15) is 5.75 Å². The van der Waals surface area contributed by atoms with Crippen molar-refractivity contribution in [3.63, 3.8) is 0 Å². The summed E-state index contributed by atoms with van der Waals surface area (Å²) in [6.45, 7) is 0. The lowest BCUT2D eigenvalue weighted by atomic mass is 10.0. The van der Waals surface area contributed by atoms with Crippen LogP contribution < -0.4 is 4.74 Å². The van der Waals surface area contributed by atoms with Crippen LogP contribution >= 0.6 is 0 Å². The maximum atomic E-state index is 12.6. The van der Waals surface area contributed by atoms with Crippen molar-refractivity contribution in [3.8, 4) is 17.6 Å². The minimum Gasteiger partial charge on any atom is -0.497 e. The van der Waals surface area contributed by atoms with Gasteiger partial charge in [-0.25, -0.2) is 0 Å². The molecule has 0 unspecified atom stereocenters. The molecule has 0 atom stereocenters. The monoisotopic (exact) mass is 338 g/mol. The molecule has 0 saturated carbocycles. The summed E-state index contributed by atoms with van der Waals surface area (Å²) in [7, 11) is 1.63. The van der Waals surface area contributed by atoms with Crippen LogP contribution in [0.4, 0.5) is 0 Å². The van der Waals surface area contributed by atoms with Crippen molar-refractivity contribution in [2.24, 2.45) is 0 Å². The molecule has 0 saturated heterocycles. The Morgan fingerprint density at radius 1 is 0.846 bits per heavy atom. The fourth-order valence-electron chi connectivity index (χ4n) is 2.44. The van der Waals surface area contributed by atoms with Gasteiger partial charge < -0.3 is 4.74 Å². The SMILES string of the molecule is COc1ccc(/C=C/C(=O)c2ccccc2C#Cc2ccccc2)cc1. The highest BCUT2D eigenvalue weighted by Gasteiger charge is 2.06. The zero-order valence-electron chi connectivity index (χ0n) is 14.5. The van der Waals surface area contributed by atoms with Crippen LogP contribution in [0.2, 0.25) is 0 Å². The molecule has 0 heterocycles. The number of hydrogen-bond acceptors (Lipinski definition) is 2. The van der Waals surface area contributed by atoms with Gasteiger partial charge in [0, 0.05) is 16.7 Å². The van der Waals surface area contributed by atoms with E-state index in [2.05, 4.69) is 11.8 Å². The van der Waals surface area contributed by atoms with Gasteiger partial charge in [-0.15, -0.1) is 0 Å². The Kier molecular flexibility index (Phi) is 5.65. The van der Waals surface area contributed by atoms with Crippen molar-refractivity contribution in [2.75, 3.05) is 7.11 Å². The van der Waals surface area contributed by atoms with Gasteiger partial charge in [0.15, 0.2) is 5.78 Å². The van der Waals surface area contributed by atoms with E-state index < -0.39 is 0 Å².